The summed E-state index contributed by atoms with van der Waals surface area (Å²) < 4.78 is 40.0. The zero-order chi connectivity index (χ0) is 12.6. The molecule has 1 rings (SSSR count). The van der Waals surface area contributed by atoms with E-state index in [4.69, 9.17) is 0 Å². The summed E-state index contributed by atoms with van der Waals surface area (Å²) in [5, 5.41) is 0. The first kappa shape index (κ1) is 13.1. The molecule has 1 aromatic heterocycles. The van der Waals surface area contributed by atoms with E-state index in [1.54, 1.807) is 0 Å². The van der Waals surface area contributed by atoms with Crippen LogP contribution in [0.4, 0.5) is 13.2 Å². The van der Waals surface area contributed by atoms with Gasteiger partial charge >= 0.3 is 0 Å². The maximum absolute atomic E-state index is 13.1. The highest BCUT2D eigenvalue weighted by Gasteiger charge is 2.31. The summed E-state index contributed by atoms with van der Waals surface area (Å²) in [5.74, 6) is -2.50. The van der Waals surface area contributed by atoms with E-state index in [-0.39, 0.29) is 17.7 Å². The number of aryl methyl sites for hydroxylation is 1. The fourth-order valence-electron chi connectivity index (χ4n) is 1.49. The van der Waals surface area contributed by atoms with Gasteiger partial charge < -0.3 is 4.57 Å². The zero-order valence-electron chi connectivity index (χ0n) is 10.0. The van der Waals surface area contributed by atoms with E-state index in [2.05, 4.69) is 4.98 Å². The quantitative estimate of drug-likeness (QED) is 0.785. The van der Waals surface area contributed by atoms with Crippen LogP contribution in [0.1, 0.15) is 39.2 Å². The number of halogens is 3. The van der Waals surface area contributed by atoms with E-state index < -0.39 is 12.6 Å². The lowest BCUT2D eigenvalue weighted by atomic mass is 9.96. The monoisotopic (exact) mass is 234 g/mol. The molecule has 0 saturated carbocycles. The van der Waals surface area contributed by atoms with Crippen molar-refractivity contribution in [3.05, 3.63) is 17.7 Å². The molecule has 0 saturated heterocycles. The molecule has 16 heavy (non-hydrogen) atoms. The second kappa shape index (κ2) is 4.11. The Hall–Kier alpha value is -1.00. The Labute approximate surface area is 93.5 Å². The Kier molecular flexibility index (Phi) is 3.35. The molecule has 1 heterocycles. The molecule has 0 aliphatic carbocycles. The van der Waals surface area contributed by atoms with Crippen molar-refractivity contribution in [2.24, 2.45) is 0 Å². The van der Waals surface area contributed by atoms with E-state index in [0.717, 1.165) is 6.92 Å². The van der Waals surface area contributed by atoms with Gasteiger partial charge in [-0.2, -0.15) is 8.78 Å². The molecule has 2 nitrogen and oxygen atoms in total. The summed E-state index contributed by atoms with van der Waals surface area (Å²) in [6.45, 7) is 5.86. The summed E-state index contributed by atoms with van der Waals surface area (Å²) in [4.78, 5) is 3.92. The molecule has 0 atom stereocenters. The molecule has 0 amide bonds. The summed E-state index contributed by atoms with van der Waals surface area (Å²) in [5.41, 5.74) is -0.676. The third kappa shape index (κ3) is 2.77. The Morgan fingerprint density at radius 3 is 2.19 bits per heavy atom. The molecule has 1 aromatic rings. The Morgan fingerprint density at radius 1 is 1.25 bits per heavy atom. The summed E-state index contributed by atoms with van der Waals surface area (Å²) in [6.07, 6.45) is 1.24. The van der Waals surface area contributed by atoms with Gasteiger partial charge in [0.05, 0.1) is 6.54 Å². The minimum absolute atomic E-state index is 0.0652. The first-order valence-corrected chi connectivity index (χ1v) is 5.18. The van der Waals surface area contributed by atoms with Crippen LogP contribution >= 0.6 is 0 Å². The molecule has 0 unspecified atom stereocenters. The van der Waals surface area contributed by atoms with Gasteiger partial charge in [-0.3, -0.25) is 0 Å². The van der Waals surface area contributed by atoms with E-state index in [1.165, 1.54) is 10.8 Å². The molecular formula is C11H17F3N2. The largest absolute Gasteiger partial charge is 0.331 e. The number of alkyl halides is 3. The van der Waals surface area contributed by atoms with Gasteiger partial charge in [0.15, 0.2) is 0 Å². The van der Waals surface area contributed by atoms with Gasteiger partial charge in [-0.05, 0) is 0 Å². The van der Waals surface area contributed by atoms with Crippen LogP contribution in [-0.2, 0) is 17.9 Å². The fraction of sp³-hybridized carbons (Fsp3) is 0.727. The maximum Gasteiger partial charge on any atom is 0.288 e. The highest BCUT2D eigenvalue weighted by Crippen LogP contribution is 2.29. The lowest BCUT2D eigenvalue weighted by Gasteiger charge is -2.18. The number of imidazole rings is 1. The number of nitrogens with zero attached hydrogens (tertiary/aromatic N) is 2. The van der Waals surface area contributed by atoms with Crippen LogP contribution in [-0.4, -0.2) is 16.2 Å². The lowest BCUT2D eigenvalue weighted by Crippen LogP contribution is -2.19. The maximum atomic E-state index is 13.1. The summed E-state index contributed by atoms with van der Waals surface area (Å²) >= 11 is 0. The molecule has 0 N–H and O–H groups in total. The topological polar surface area (TPSA) is 17.8 Å². The highest BCUT2D eigenvalue weighted by molar-refractivity contribution is 5.14. The predicted octanol–water partition coefficient (Wildman–Crippen LogP) is 3.26. The first-order valence-electron chi connectivity index (χ1n) is 5.18. The standard InChI is InChI=1S/C11H17F3N2/c1-10(2,3)9-15-8(11(4,13)14)7-16(9)6-5-12/h7H,5-6H2,1-4H3. The molecule has 0 radical (unpaired) electrons. The molecule has 0 bridgehead atoms. The van der Waals surface area contributed by atoms with E-state index in [1.807, 2.05) is 20.8 Å². The summed E-state index contributed by atoms with van der Waals surface area (Å²) in [7, 11) is 0. The molecule has 0 spiro atoms. The smallest absolute Gasteiger partial charge is 0.288 e. The van der Waals surface area contributed by atoms with Gasteiger partial charge in [0, 0.05) is 18.5 Å². The molecule has 5 heteroatoms. The van der Waals surface area contributed by atoms with Gasteiger partial charge in [0.2, 0.25) is 0 Å². The highest BCUT2D eigenvalue weighted by atomic mass is 19.3. The number of aromatic nitrogens is 2. The van der Waals surface area contributed by atoms with Crippen LogP contribution < -0.4 is 0 Å². The van der Waals surface area contributed by atoms with Crippen molar-refractivity contribution in [2.45, 2.75) is 45.6 Å². The Bertz CT molecular complexity index is 358. The third-order valence-electron chi connectivity index (χ3n) is 2.22. The SMILES string of the molecule is CC(C)(C)c1nc(C(C)(F)F)cn1CCF. The minimum atomic E-state index is -2.98. The second-order valence-electron chi connectivity index (χ2n) is 4.97. The fourth-order valence-corrected chi connectivity index (χ4v) is 1.49. The van der Waals surface area contributed by atoms with E-state index >= 15 is 0 Å². The van der Waals surface area contributed by atoms with Gasteiger partial charge in [-0.1, -0.05) is 20.8 Å². The van der Waals surface area contributed by atoms with Crippen LogP contribution in [0.5, 0.6) is 0 Å². The van der Waals surface area contributed by atoms with Crippen LogP contribution in [0, 0.1) is 0 Å². The van der Waals surface area contributed by atoms with Crippen molar-refractivity contribution in [3.8, 4) is 0 Å². The number of hydrogen-bond donors (Lipinski definition) is 0. The average molecular weight is 234 g/mol. The molecule has 0 fully saturated rings. The normalized spacial score (nSPS) is 13.2. The van der Waals surface area contributed by atoms with Crippen LogP contribution in [0.15, 0.2) is 6.20 Å². The molecular weight excluding hydrogens is 217 g/mol. The average Bonchev–Trinajstić information content (AvgIpc) is 2.46. The van der Waals surface area contributed by atoms with Crippen molar-refractivity contribution in [1.82, 2.24) is 9.55 Å². The predicted molar refractivity (Wildman–Crippen MR) is 56.5 cm³/mol. The van der Waals surface area contributed by atoms with Crippen LogP contribution in [0.25, 0.3) is 0 Å². The van der Waals surface area contributed by atoms with Crippen molar-refractivity contribution in [3.63, 3.8) is 0 Å². The van der Waals surface area contributed by atoms with Gasteiger partial charge in [-0.25, -0.2) is 9.37 Å². The summed E-state index contributed by atoms with van der Waals surface area (Å²) in [6, 6.07) is 0. The van der Waals surface area contributed by atoms with Crippen molar-refractivity contribution in [2.75, 3.05) is 6.67 Å². The molecule has 0 aliphatic heterocycles. The van der Waals surface area contributed by atoms with Gasteiger partial charge in [-0.15, -0.1) is 0 Å². The third-order valence-corrected chi connectivity index (χ3v) is 2.22. The molecule has 0 aromatic carbocycles. The lowest BCUT2D eigenvalue weighted by molar-refractivity contribution is 0.0129. The minimum Gasteiger partial charge on any atom is -0.331 e. The van der Waals surface area contributed by atoms with Crippen molar-refractivity contribution >= 4 is 0 Å². The van der Waals surface area contributed by atoms with E-state index in [9.17, 15) is 13.2 Å². The molecule has 0 aliphatic rings. The van der Waals surface area contributed by atoms with E-state index in [0.29, 0.717) is 5.82 Å². The van der Waals surface area contributed by atoms with Gasteiger partial charge in [0.1, 0.15) is 18.2 Å². The number of hydrogen-bond acceptors (Lipinski definition) is 1. The Balaban J connectivity index is 3.21. The van der Waals surface area contributed by atoms with Crippen LogP contribution in [0.3, 0.4) is 0 Å². The van der Waals surface area contributed by atoms with Crippen molar-refractivity contribution < 1.29 is 13.2 Å². The Morgan fingerprint density at radius 2 is 1.81 bits per heavy atom. The first-order chi connectivity index (χ1) is 7.16. The second-order valence-corrected chi connectivity index (χ2v) is 4.97. The van der Waals surface area contributed by atoms with Crippen LogP contribution in [0.2, 0.25) is 0 Å². The van der Waals surface area contributed by atoms with Gasteiger partial charge in [0.25, 0.3) is 5.92 Å². The zero-order valence-corrected chi connectivity index (χ0v) is 10.0. The van der Waals surface area contributed by atoms with Crippen molar-refractivity contribution in [1.29, 1.82) is 0 Å². The number of rotatable bonds is 3. The molecule has 92 valence electrons.